The van der Waals surface area contributed by atoms with Gasteiger partial charge in [-0.25, -0.2) is 4.98 Å². The Labute approximate surface area is 172 Å². The standard InChI is InChI=1S/C23H22F3N3O/c1-3-15(2)27-21-12-7-17-14-19(10-11-20(17)29-21)28-22(30)13-6-16-4-8-18(9-5-16)23(24,25)26/h4-15H,3H2,1-2H3,(H,27,29)(H,28,30). The first-order valence-corrected chi connectivity index (χ1v) is 9.58. The molecule has 0 spiro atoms. The molecule has 156 valence electrons. The van der Waals surface area contributed by atoms with E-state index in [1.165, 1.54) is 24.3 Å². The minimum Gasteiger partial charge on any atom is -0.368 e. The largest absolute Gasteiger partial charge is 0.416 e. The van der Waals surface area contributed by atoms with Gasteiger partial charge in [-0.3, -0.25) is 4.79 Å². The van der Waals surface area contributed by atoms with Crippen molar-refractivity contribution < 1.29 is 18.0 Å². The lowest BCUT2D eigenvalue weighted by molar-refractivity contribution is -0.137. The van der Waals surface area contributed by atoms with Crippen molar-refractivity contribution in [2.45, 2.75) is 32.5 Å². The average Bonchev–Trinajstić information content (AvgIpc) is 2.72. The molecule has 2 N–H and O–H groups in total. The number of pyridine rings is 1. The number of nitrogens with one attached hydrogen (secondary N) is 2. The molecule has 1 heterocycles. The van der Waals surface area contributed by atoms with Gasteiger partial charge in [0.15, 0.2) is 0 Å². The molecule has 1 aromatic heterocycles. The highest BCUT2D eigenvalue weighted by molar-refractivity contribution is 6.03. The van der Waals surface area contributed by atoms with Crippen LogP contribution in [-0.2, 0) is 11.0 Å². The van der Waals surface area contributed by atoms with Crippen LogP contribution in [0.2, 0.25) is 0 Å². The van der Waals surface area contributed by atoms with Gasteiger partial charge in [0.2, 0.25) is 5.91 Å². The molecule has 0 aliphatic rings. The highest BCUT2D eigenvalue weighted by atomic mass is 19.4. The van der Waals surface area contributed by atoms with Crippen LogP contribution in [0.4, 0.5) is 24.7 Å². The molecule has 4 nitrogen and oxygen atoms in total. The van der Waals surface area contributed by atoms with Crippen LogP contribution in [0.5, 0.6) is 0 Å². The number of carbonyl (C=O) groups excluding carboxylic acids is 1. The van der Waals surface area contributed by atoms with Crippen LogP contribution < -0.4 is 10.6 Å². The van der Waals surface area contributed by atoms with Crippen molar-refractivity contribution in [1.29, 1.82) is 0 Å². The van der Waals surface area contributed by atoms with Crippen molar-refractivity contribution in [3.8, 4) is 0 Å². The molecule has 0 aliphatic heterocycles. The molecular formula is C23H22F3N3O. The summed E-state index contributed by atoms with van der Waals surface area (Å²) in [5.74, 6) is 0.422. The molecule has 0 fully saturated rings. The van der Waals surface area contributed by atoms with Crippen LogP contribution in [0.15, 0.2) is 60.7 Å². The van der Waals surface area contributed by atoms with Gasteiger partial charge < -0.3 is 10.6 Å². The molecular weight excluding hydrogens is 391 g/mol. The molecule has 7 heteroatoms. The number of fused-ring (bicyclic) bond motifs is 1. The molecule has 1 atom stereocenters. The normalized spacial score (nSPS) is 12.8. The number of benzene rings is 2. The topological polar surface area (TPSA) is 54.0 Å². The lowest BCUT2D eigenvalue weighted by Gasteiger charge is -2.12. The Hall–Kier alpha value is -3.35. The van der Waals surface area contributed by atoms with Crippen molar-refractivity contribution in [3.05, 3.63) is 71.8 Å². The number of carbonyl (C=O) groups is 1. The van der Waals surface area contributed by atoms with E-state index in [0.717, 1.165) is 35.3 Å². The average molecular weight is 413 g/mol. The molecule has 2 aromatic carbocycles. The fourth-order valence-corrected chi connectivity index (χ4v) is 2.78. The first-order valence-electron chi connectivity index (χ1n) is 9.58. The molecule has 1 unspecified atom stereocenters. The quantitative estimate of drug-likeness (QED) is 0.479. The third kappa shape index (κ3) is 5.59. The summed E-state index contributed by atoms with van der Waals surface area (Å²) in [6, 6.07) is 14.2. The highest BCUT2D eigenvalue weighted by Crippen LogP contribution is 2.29. The van der Waals surface area contributed by atoms with Crippen molar-refractivity contribution >= 4 is 34.4 Å². The first-order chi connectivity index (χ1) is 14.2. The summed E-state index contributed by atoms with van der Waals surface area (Å²) in [4.78, 5) is 16.7. The summed E-state index contributed by atoms with van der Waals surface area (Å²) in [5.41, 5.74) is 1.19. The fourth-order valence-electron chi connectivity index (χ4n) is 2.78. The maximum atomic E-state index is 12.6. The monoisotopic (exact) mass is 413 g/mol. The van der Waals surface area contributed by atoms with Gasteiger partial charge in [-0.15, -0.1) is 0 Å². The van der Waals surface area contributed by atoms with Gasteiger partial charge in [-0.1, -0.05) is 19.1 Å². The van der Waals surface area contributed by atoms with E-state index in [9.17, 15) is 18.0 Å². The predicted octanol–water partition coefficient (Wildman–Crippen LogP) is 6.12. The minimum atomic E-state index is -4.38. The molecule has 0 saturated carbocycles. The molecule has 0 aliphatic carbocycles. The number of anilines is 2. The zero-order chi connectivity index (χ0) is 21.7. The van der Waals surface area contributed by atoms with E-state index < -0.39 is 11.7 Å². The molecule has 3 aromatic rings. The summed E-state index contributed by atoms with van der Waals surface area (Å²) in [5, 5.41) is 6.95. The SMILES string of the molecule is CCC(C)Nc1ccc2cc(NC(=O)C=Cc3ccc(C(F)(F)F)cc3)ccc2n1. The van der Waals surface area contributed by atoms with E-state index in [1.54, 1.807) is 6.07 Å². The Balaban J connectivity index is 1.65. The maximum absolute atomic E-state index is 12.6. The second-order valence-electron chi connectivity index (χ2n) is 7.00. The van der Waals surface area contributed by atoms with Crippen LogP contribution in [0.25, 0.3) is 17.0 Å². The number of halogens is 3. The zero-order valence-electron chi connectivity index (χ0n) is 16.6. The van der Waals surface area contributed by atoms with Crippen molar-refractivity contribution in [3.63, 3.8) is 0 Å². The number of rotatable bonds is 6. The van der Waals surface area contributed by atoms with Crippen molar-refractivity contribution in [2.75, 3.05) is 10.6 Å². The lowest BCUT2D eigenvalue weighted by Crippen LogP contribution is -2.14. The predicted molar refractivity (Wildman–Crippen MR) is 114 cm³/mol. The van der Waals surface area contributed by atoms with E-state index >= 15 is 0 Å². The van der Waals surface area contributed by atoms with E-state index in [2.05, 4.69) is 29.5 Å². The Morgan fingerprint density at radius 2 is 1.83 bits per heavy atom. The van der Waals surface area contributed by atoms with Gasteiger partial charge >= 0.3 is 6.18 Å². The van der Waals surface area contributed by atoms with Gasteiger partial charge in [0.25, 0.3) is 0 Å². The molecule has 30 heavy (non-hydrogen) atoms. The second kappa shape index (κ2) is 8.98. The number of nitrogens with zero attached hydrogens (tertiary/aromatic N) is 1. The van der Waals surface area contributed by atoms with Crippen molar-refractivity contribution in [1.82, 2.24) is 4.98 Å². The number of hydrogen-bond acceptors (Lipinski definition) is 3. The zero-order valence-corrected chi connectivity index (χ0v) is 16.6. The molecule has 0 saturated heterocycles. The first kappa shape index (κ1) is 21.4. The molecule has 1 amide bonds. The van der Waals surface area contributed by atoms with Gasteiger partial charge in [0, 0.05) is 23.2 Å². The van der Waals surface area contributed by atoms with Crippen LogP contribution in [0, 0.1) is 0 Å². The Bertz CT molecular complexity index is 1060. The Morgan fingerprint density at radius 1 is 1.10 bits per heavy atom. The second-order valence-corrected chi connectivity index (χ2v) is 7.00. The number of alkyl halides is 3. The fraction of sp³-hybridized carbons (Fsp3) is 0.217. The van der Waals surface area contributed by atoms with Gasteiger partial charge in [-0.05, 0) is 67.4 Å². The van der Waals surface area contributed by atoms with Crippen LogP contribution >= 0.6 is 0 Å². The van der Waals surface area contributed by atoms with Crippen LogP contribution in [0.3, 0.4) is 0 Å². The molecule has 0 radical (unpaired) electrons. The van der Waals surface area contributed by atoms with Gasteiger partial charge in [-0.2, -0.15) is 13.2 Å². The lowest BCUT2D eigenvalue weighted by atomic mass is 10.1. The van der Waals surface area contributed by atoms with Gasteiger partial charge in [0.05, 0.1) is 11.1 Å². The van der Waals surface area contributed by atoms with E-state index in [-0.39, 0.29) is 5.91 Å². The minimum absolute atomic E-state index is 0.324. The third-order valence-corrected chi connectivity index (χ3v) is 4.63. The summed E-state index contributed by atoms with van der Waals surface area (Å²) in [6.07, 6.45) is -0.643. The number of aromatic nitrogens is 1. The van der Waals surface area contributed by atoms with Crippen LogP contribution in [0.1, 0.15) is 31.4 Å². The summed E-state index contributed by atoms with van der Waals surface area (Å²) in [6.45, 7) is 4.18. The summed E-state index contributed by atoms with van der Waals surface area (Å²) in [7, 11) is 0. The Morgan fingerprint density at radius 3 is 2.50 bits per heavy atom. The molecule has 0 bridgehead atoms. The Kier molecular flexibility index (Phi) is 6.40. The maximum Gasteiger partial charge on any atom is 0.416 e. The van der Waals surface area contributed by atoms with Gasteiger partial charge in [0.1, 0.15) is 5.82 Å². The number of hydrogen-bond donors (Lipinski definition) is 2. The smallest absolute Gasteiger partial charge is 0.368 e. The van der Waals surface area contributed by atoms with E-state index in [1.807, 2.05) is 24.3 Å². The summed E-state index contributed by atoms with van der Waals surface area (Å²) >= 11 is 0. The number of amides is 1. The van der Waals surface area contributed by atoms with Crippen molar-refractivity contribution in [2.24, 2.45) is 0 Å². The van der Waals surface area contributed by atoms with E-state index in [0.29, 0.717) is 17.3 Å². The highest BCUT2D eigenvalue weighted by Gasteiger charge is 2.29. The molecule has 3 rings (SSSR count). The summed E-state index contributed by atoms with van der Waals surface area (Å²) < 4.78 is 37.8. The van der Waals surface area contributed by atoms with E-state index in [4.69, 9.17) is 0 Å². The van der Waals surface area contributed by atoms with Crippen LogP contribution in [-0.4, -0.2) is 16.9 Å². The third-order valence-electron chi connectivity index (χ3n) is 4.63.